The molecule has 0 aliphatic carbocycles. The van der Waals surface area contributed by atoms with Crippen molar-refractivity contribution in [2.45, 2.75) is 26.3 Å². The van der Waals surface area contributed by atoms with E-state index in [4.69, 9.17) is 0 Å². The smallest absolute Gasteiger partial charge is 0.251 e. The molecule has 0 saturated carbocycles. The number of hydrogen-bond donors (Lipinski definition) is 1. The number of nitrogens with zero attached hydrogens (tertiary/aromatic N) is 1. The number of thiazole rings is 1. The lowest BCUT2D eigenvalue weighted by Crippen LogP contribution is -2.22. The van der Waals surface area contributed by atoms with Crippen LogP contribution in [0, 0.1) is 5.82 Å². The normalized spacial score (nSPS) is 10.7. The molecule has 2 rings (SSSR count). The van der Waals surface area contributed by atoms with Gasteiger partial charge < -0.3 is 5.32 Å². The second-order valence-electron chi connectivity index (χ2n) is 4.51. The Morgan fingerprint density at radius 3 is 2.63 bits per heavy atom. The first-order valence-electron chi connectivity index (χ1n) is 6.04. The summed E-state index contributed by atoms with van der Waals surface area (Å²) in [7, 11) is 0. The monoisotopic (exact) mass is 278 g/mol. The lowest BCUT2D eigenvalue weighted by atomic mass is 10.2. The van der Waals surface area contributed by atoms with Crippen LogP contribution in [0.25, 0.3) is 0 Å². The quantitative estimate of drug-likeness (QED) is 0.932. The Bertz CT molecular complexity index is 563. The minimum atomic E-state index is -0.349. The third-order valence-corrected chi connectivity index (χ3v) is 3.53. The van der Waals surface area contributed by atoms with E-state index < -0.39 is 0 Å². The summed E-state index contributed by atoms with van der Waals surface area (Å²) in [5.41, 5.74) is 1.48. The third-order valence-electron chi connectivity index (χ3n) is 2.67. The van der Waals surface area contributed by atoms with Gasteiger partial charge in [-0.1, -0.05) is 13.8 Å². The van der Waals surface area contributed by atoms with E-state index in [1.54, 1.807) is 0 Å². The highest BCUT2D eigenvalue weighted by molar-refractivity contribution is 7.09. The maximum absolute atomic E-state index is 12.7. The van der Waals surface area contributed by atoms with Gasteiger partial charge in [-0.25, -0.2) is 9.37 Å². The Labute approximate surface area is 115 Å². The van der Waals surface area contributed by atoms with E-state index >= 15 is 0 Å². The van der Waals surface area contributed by atoms with Crippen LogP contribution in [0.4, 0.5) is 4.39 Å². The number of rotatable bonds is 4. The first-order valence-corrected chi connectivity index (χ1v) is 6.92. The van der Waals surface area contributed by atoms with Crippen molar-refractivity contribution in [3.8, 4) is 0 Å². The summed E-state index contributed by atoms with van der Waals surface area (Å²) in [6.07, 6.45) is 0. The van der Waals surface area contributed by atoms with Gasteiger partial charge in [-0.2, -0.15) is 0 Å². The zero-order valence-corrected chi connectivity index (χ0v) is 11.6. The number of nitrogens with one attached hydrogen (secondary N) is 1. The summed E-state index contributed by atoms with van der Waals surface area (Å²) < 4.78 is 12.7. The molecule has 5 heteroatoms. The number of hydrogen-bond acceptors (Lipinski definition) is 3. The molecule has 0 aliphatic rings. The molecule has 0 atom stereocenters. The Kier molecular flexibility index (Phi) is 4.27. The second kappa shape index (κ2) is 5.93. The molecule has 3 nitrogen and oxygen atoms in total. The fraction of sp³-hybridized carbons (Fsp3) is 0.286. The van der Waals surface area contributed by atoms with Gasteiger partial charge in [0, 0.05) is 10.9 Å². The Balaban J connectivity index is 1.94. The van der Waals surface area contributed by atoms with E-state index in [2.05, 4.69) is 24.1 Å². The summed E-state index contributed by atoms with van der Waals surface area (Å²) in [6, 6.07) is 5.47. The van der Waals surface area contributed by atoms with Gasteiger partial charge in [-0.3, -0.25) is 4.79 Å². The predicted octanol–water partition coefficient (Wildman–Crippen LogP) is 3.34. The van der Waals surface area contributed by atoms with Crippen molar-refractivity contribution in [2.75, 3.05) is 0 Å². The number of halogens is 1. The van der Waals surface area contributed by atoms with Crippen molar-refractivity contribution in [1.29, 1.82) is 0 Å². The summed E-state index contributed by atoms with van der Waals surface area (Å²) in [4.78, 5) is 16.2. The highest BCUT2D eigenvalue weighted by Gasteiger charge is 2.08. The molecule has 19 heavy (non-hydrogen) atoms. The first kappa shape index (κ1) is 13.7. The van der Waals surface area contributed by atoms with Crippen molar-refractivity contribution >= 4 is 17.2 Å². The number of aromatic nitrogens is 1. The molecule has 0 fully saturated rings. The molecule has 2 aromatic rings. The van der Waals surface area contributed by atoms with Crippen LogP contribution < -0.4 is 5.32 Å². The lowest BCUT2D eigenvalue weighted by molar-refractivity contribution is 0.0951. The molecule has 0 radical (unpaired) electrons. The molecule has 1 heterocycles. The van der Waals surface area contributed by atoms with Gasteiger partial charge in [0.25, 0.3) is 5.91 Å². The number of amides is 1. The SMILES string of the molecule is CC(C)c1csc(CNC(=O)c2ccc(F)cc2)n1. The molecular formula is C14H15FN2OS. The minimum absolute atomic E-state index is 0.221. The van der Waals surface area contributed by atoms with Gasteiger partial charge in [0.2, 0.25) is 0 Å². The van der Waals surface area contributed by atoms with Crippen LogP contribution in [-0.4, -0.2) is 10.9 Å². The van der Waals surface area contributed by atoms with E-state index in [-0.39, 0.29) is 11.7 Å². The maximum atomic E-state index is 12.7. The molecular weight excluding hydrogens is 263 g/mol. The first-order chi connectivity index (χ1) is 9.06. The van der Waals surface area contributed by atoms with E-state index in [1.807, 2.05) is 5.38 Å². The molecule has 1 aromatic heterocycles. The van der Waals surface area contributed by atoms with Crippen LogP contribution in [0.5, 0.6) is 0 Å². The van der Waals surface area contributed by atoms with Gasteiger partial charge >= 0.3 is 0 Å². The van der Waals surface area contributed by atoms with Crippen LogP contribution in [0.1, 0.15) is 40.8 Å². The molecule has 0 spiro atoms. The third kappa shape index (κ3) is 3.61. The Morgan fingerprint density at radius 1 is 1.37 bits per heavy atom. The van der Waals surface area contributed by atoms with Crippen LogP contribution in [-0.2, 0) is 6.54 Å². The minimum Gasteiger partial charge on any atom is -0.346 e. The summed E-state index contributed by atoms with van der Waals surface area (Å²) in [6.45, 7) is 4.56. The average Bonchev–Trinajstić information content (AvgIpc) is 2.86. The number of carbonyl (C=O) groups is 1. The molecule has 0 unspecified atom stereocenters. The average molecular weight is 278 g/mol. The number of carbonyl (C=O) groups excluding carboxylic acids is 1. The van der Waals surface area contributed by atoms with Gasteiger partial charge in [0.15, 0.2) is 0 Å². The molecule has 1 N–H and O–H groups in total. The molecule has 0 saturated heterocycles. The van der Waals surface area contributed by atoms with Crippen LogP contribution >= 0.6 is 11.3 Å². The maximum Gasteiger partial charge on any atom is 0.251 e. The van der Waals surface area contributed by atoms with Gasteiger partial charge in [-0.05, 0) is 30.2 Å². The van der Waals surface area contributed by atoms with Crippen molar-refractivity contribution in [2.24, 2.45) is 0 Å². The fourth-order valence-corrected chi connectivity index (χ4v) is 2.43. The Morgan fingerprint density at radius 2 is 2.05 bits per heavy atom. The van der Waals surface area contributed by atoms with Crippen molar-refractivity contribution in [3.05, 3.63) is 51.7 Å². The van der Waals surface area contributed by atoms with Crippen molar-refractivity contribution in [1.82, 2.24) is 10.3 Å². The molecule has 1 amide bonds. The zero-order valence-electron chi connectivity index (χ0n) is 10.8. The Hall–Kier alpha value is -1.75. The molecule has 100 valence electrons. The van der Waals surface area contributed by atoms with E-state index in [1.165, 1.54) is 35.6 Å². The van der Waals surface area contributed by atoms with Crippen molar-refractivity contribution in [3.63, 3.8) is 0 Å². The lowest BCUT2D eigenvalue weighted by Gasteiger charge is -2.03. The molecule has 0 bridgehead atoms. The highest BCUT2D eigenvalue weighted by Crippen LogP contribution is 2.17. The predicted molar refractivity (Wildman–Crippen MR) is 73.8 cm³/mol. The van der Waals surface area contributed by atoms with Gasteiger partial charge in [0.1, 0.15) is 10.8 Å². The summed E-state index contributed by atoms with van der Waals surface area (Å²) in [5, 5.41) is 5.65. The van der Waals surface area contributed by atoms with Gasteiger partial charge in [-0.15, -0.1) is 11.3 Å². The zero-order chi connectivity index (χ0) is 13.8. The van der Waals surface area contributed by atoms with Crippen LogP contribution in [0.3, 0.4) is 0 Å². The van der Waals surface area contributed by atoms with Crippen molar-refractivity contribution < 1.29 is 9.18 Å². The van der Waals surface area contributed by atoms with Crippen LogP contribution in [0.2, 0.25) is 0 Å². The van der Waals surface area contributed by atoms with E-state index in [0.717, 1.165) is 10.7 Å². The topological polar surface area (TPSA) is 42.0 Å². The standard InChI is InChI=1S/C14H15FN2OS/c1-9(2)12-8-19-13(17-12)7-16-14(18)10-3-5-11(15)6-4-10/h3-6,8-9H,7H2,1-2H3,(H,16,18). The molecule has 0 aliphatic heterocycles. The van der Waals surface area contributed by atoms with Gasteiger partial charge in [0.05, 0.1) is 12.2 Å². The number of benzene rings is 1. The second-order valence-corrected chi connectivity index (χ2v) is 5.45. The fourth-order valence-electron chi connectivity index (χ4n) is 1.53. The van der Waals surface area contributed by atoms with E-state index in [0.29, 0.717) is 18.0 Å². The summed E-state index contributed by atoms with van der Waals surface area (Å²) in [5.74, 6) is -0.183. The highest BCUT2D eigenvalue weighted by atomic mass is 32.1. The van der Waals surface area contributed by atoms with Crippen LogP contribution in [0.15, 0.2) is 29.6 Å². The largest absolute Gasteiger partial charge is 0.346 e. The molecule has 1 aromatic carbocycles. The van der Waals surface area contributed by atoms with E-state index in [9.17, 15) is 9.18 Å². The summed E-state index contributed by atoms with van der Waals surface area (Å²) >= 11 is 1.53.